The van der Waals surface area contributed by atoms with Crippen molar-refractivity contribution >= 4 is 56.5 Å². The molecule has 9 heteroatoms. The van der Waals surface area contributed by atoms with Gasteiger partial charge in [-0.3, -0.25) is 4.79 Å². The monoisotopic (exact) mass is 472 g/mol. The Balaban J connectivity index is 1.38. The van der Waals surface area contributed by atoms with Crippen LogP contribution in [-0.4, -0.2) is 22.4 Å². The van der Waals surface area contributed by atoms with Gasteiger partial charge in [-0.1, -0.05) is 41.4 Å². The van der Waals surface area contributed by atoms with Crippen molar-refractivity contribution in [2.45, 2.75) is 13.0 Å². The number of halogens is 2. The summed E-state index contributed by atoms with van der Waals surface area (Å²) in [6, 6.07) is 14.7. The van der Waals surface area contributed by atoms with Gasteiger partial charge >= 0.3 is 0 Å². The molecule has 4 rings (SSSR count). The summed E-state index contributed by atoms with van der Waals surface area (Å²) in [7, 11) is 0. The maximum atomic E-state index is 12.5. The van der Waals surface area contributed by atoms with Gasteiger partial charge in [0.25, 0.3) is 5.91 Å². The molecule has 0 unspecified atom stereocenters. The van der Waals surface area contributed by atoms with Gasteiger partial charge in [0.1, 0.15) is 6.61 Å². The second-order valence-corrected chi connectivity index (χ2v) is 8.61. The number of para-hydroxylation sites is 1. The molecule has 2 aromatic heterocycles. The molecule has 0 aliphatic rings. The first-order chi connectivity index (χ1) is 15.0. The molecule has 31 heavy (non-hydrogen) atoms. The van der Waals surface area contributed by atoms with Crippen LogP contribution in [0.25, 0.3) is 10.2 Å². The molecule has 158 valence electrons. The van der Waals surface area contributed by atoms with Crippen LogP contribution in [0.4, 0.5) is 5.82 Å². The lowest BCUT2D eigenvalue weighted by atomic mass is 10.2. The number of aromatic nitrogens is 2. The fourth-order valence-corrected chi connectivity index (χ4v) is 4.40. The minimum absolute atomic E-state index is 0.104. The van der Waals surface area contributed by atoms with E-state index in [2.05, 4.69) is 15.3 Å². The van der Waals surface area contributed by atoms with Gasteiger partial charge in [0, 0.05) is 34.8 Å². The summed E-state index contributed by atoms with van der Waals surface area (Å²) >= 11 is 14.0. The lowest BCUT2D eigenvalue weighted by molar-refractivity contribution is 0.0953. The molecule has 0 saturated carbocycles. The van der Waals surface area contributed by atoms with Crippen molar-refractivity contribution in [2.75, 3.05) is 12.3 Å². The number of amides is 1. The summed E-state index contributed by atoms with van der Waals surface area (Å²) in [5, 5.41) is 4.83. The number of nitrogens with two attached hydrogens (primary N) is 1. The van der Waals surface area contributed by atoms with Crippen LogP contribution in [0.1, 0.15) is 20.9 Å². The number of pyridine rings is 1. The first kappa shape index (κ1) is 21.4. The minimum Gasteiger partial charge on any atom is -0.485 e. The third-order valence-corrected chi connectivity index (χ3v) is 6.34. The van der Waals surface area contributed by atoms with Gasteiger partial charge in [-0.25, -0.2) is 9.97 Å². The Hall–Kier alpha value is -2.87. The van der Waals surface area contributed by atoms with Crippen LogP contribution in [0.15, 0.2) is 54.7 Å². The lowest BCUT2D eigenvalue weighted by Crippen LogP contribution is -2.26. The average molecular weight is 473 g/mol. The highest BCUT2D eigenvalue weighted by Gasteiger charge is 2.13. The Labute approximate surface area is 193 Å². The molecular formula is C22H18Cl2N4O2S. The molecule has 2 aromatic carbocycles. The molecule has 2 heterocycles. The number of rotatable bonds is 7. The molecule has 0 aliphatic carbocycles. The van der Waals surface area contributed by atoms with Gasteiger partial charge in [-0.05, 0) is 30.3 Å². The van der Waals surface area contributed by atoms with Crippen LogP contribution >= 0.6 is 34.5 Å². The molecule has 0 atom stereocenters. The summed E-state index contributed by atoms with van der Waals surface area (Å²) in [4.78, 5) is 21.2. The quantitative estimate of drug-likeness (QED) is 0.388. The summed E-state index contributed by atoms with van der Waals surface area (Å²) in [5.74, 6) is 0.193. The third-order valence-electron chi connectivity index (χ3n) is 4.54. The lowest BCUT2D eigenvalue weighted by Gasteiger charge is -2.12. The topological polar surface area (TPSA) is 90.1 Å². The minimum atomic E-state index is -0.269. The molecule has 0 radical (unpaired) electrons. The van der Waals surface area contributed by atoms with E-state index in [0.717, 1.165) is 15.2 Å². The SMILES string of the molecule is Nc1ncc(C(=O)NCCc2nc3ccccc3s2)cc1OCc1c(Cl)cccc1Cl. The van der Waals surface area contributed by atoms with E-state index in [-0.39, 0.29) is 24.1 Å². The van der Waals surface area contributed by atoms with Crippen molar-refractivity contribution in [3.8, 4) is 5.75 Å². The molecule has 4 aromatic rings. The standard InChI is InChI=1S/C22H18Cl2N4O2S/c23-15-4-3-5-16(24)14(15)12-30-18-10-13(11-27-21(18)25)22(29)26-9-8-20-28-17-6-1-2-7-19(17)31-20/h1-7,10-11H,8-9,12H2,(H2,25,27)(H,26,29). The zero-order chi connectivity index (χ0) is 21.8. The van der Waals surface area contributed by atoms with E-state index in [0.29, 0.717) is 34.1 Å². The van der Waals surface area contributed by atoms with E-state index in [9.17, 15) is 4.79 Å². The first-order valence-corrected chi connectivity index (χ1v) is 11.0. The second-order valence-electron chi connectivity index (χ2n) is 6.68. The Morgan fingerprint density at radius 3 is 2.68 bits per heavy atom. The summed E-state index contributed by atoms with van der Waals surface area (Å²) in [6.45, 7) is 0.557. The Morgan fingerprint density at radius 1 is 1.13 bits per heavy atom. The van der Waals surface area contributed by atoms with Crippen LogP contribution in [0.2, 0.25) is 10.0 Å². The Kier molecular flexibility index (Phi) is 6.56. The Morgan fingerprint density at radius 2 is 1.90 bits per heavy atom. The van der Waals surface area contributed by atoms with Gasteiger partial charge in [-0.2, -0.15) is 0 Å². The van der Waals surface area contributed by atoms with Crippen molar-refractivity contribution in [2.24, 2.45) is 0 Å². The second kappa shape index (κ2) is 9.51. The van der Waals surface area contributed by atoms with E-state index < -0.39 is 0 Å². The van der Waals surface area contributed by atoms with E-state index in [1.807, 2.05) is 24.3 Å². The van der Waals surface area contributed by atoms with E-state index >= 15 is 0 Å². The zero-order valence-electron chi connectivity index (χ0n) is 16.3. The zero-order valence-corrected chi connectivity index (χ0v) is 18.6. The first-order valence-electron chi connectivity index (χ1n) is 9.45. The number of anilines is 1. The fourth-order valence-electron chi connectivity index (χ4n) is 2.93. The number of nitrogens with zero attached hydrogens (tertiary/aromatic N) is 2. The highest BCUT2D eigenvalue weighted by molar-refractivity contribution is 7.18. The maximum absolute atomic E-state index is 12.5. The van der Waals surface area contributed by atoms with Crippen molar-refractivity contribution in [3.63, 3.8) is 0 Å². The van der Waals surface area contributed by atoms with Gasteiger partial charge in [0.2, 0.25) is 0 Å². The molecule has 6 nitrogen and oxygen atoms in total. The summed E-state index contributed by atoms with van der Waals surface area (Å²) in [5.41, 5.74) is 7.85. The largest absolute Gasteiger partial charge is 0.485 e. The molecular weight excluding hydrogens is 455 g/mol. The number of carbonyl (C=O) groups excluding carboxylic acids is 1. The number of hydrogen-bond donors (Lipinski definition) is 2. The molecule has 0 bridgehead atoms. The highest BCUT2D eigenvalue weighted by atomic mass is 35.5. The van der Waals surface area contributed by atoms with Gasteiger partial charge in [-0.15, -0.1) is 11.3 Å². The van der Waals surface area contributed by atoms with Crippen LogP contribution < -0.4 is 15.8 Å². The number of carbonyl (C=O) groups is 1. The molecule has 0 fully saturated rings. The highest BCUT2D eigenvalue weighted by Crippen LogP contribution is 2.28. The number of nitrogen functional groups attached to an aromatic ring is 1. The summed E-state index contributed by atoms with van der Waals surface area (Å²) < 4.78 is 6.87. The summed E-state index contributed by atoms with van der Waals surface area (Å²) in [6.07, 6.45) is 2.06. The normalized spacial score (nSPS) is 10.9. The van der Waals surface area contributed by atoms with Crippen molar-refractivity contribution in [1.29, 1.82) is 0 Å². The number of nitrogens with one attached hydrogen (secondary N) is 1. The molecule has 0 spiro atoms. The van der Waals surface area contributed by atoms with Gasteiger partial charge in [0.05, 0.1) is 20.8 Å². The number of benzene rings is 2. The van der Waals surface area contributed by atoms with Crippen LogP contribution in [0.3, 0.4) is 0 Å². The number of thiazole rings is 1. The van der Waals surface area contributed by atoms with Crippen molar-refractivity contribution in [3.05, 3.63) is 80.9 Å². The van der Waals surface area contributed by atoms with Crippen LogP contribution in [0, 0.1) is 0 Å². The number of fused-ring (bicyclic) bond motifs is 1. The Bertz CT molecular complexity index is 1190. The average Bonchev–Trinajstić information content (AvgIpc) is 3.17. The maximum Gasteiger partial charge on any atom is 0.252 e. The van der Waals surface area contributed by atoms with Crippen molar-refractivity contribution < 1.29 is 9.53 Å². The predicted octanol–water partition coefficient (Wildman–Crippen LogP) is 5.13. The number of hydrogen-bond acceptors (Lipinski definition) is 6. The molecule has 3 N–H and O–H groups in total. The fraction of sp³-hybridized carbons (Fsp3) is 0.136. The van der Waals surface area contributed by atoms with Crippen molar-refractivity contribution in [1.82, 2.24) is 15.3 Å². The van der Waals surface area contributed by atoms with E-state index in [1.165, 1.54) is 6.20 Å². The molecule has 1 amide bonds. The number of ether oxygens (including phenoxy) is 1. The predicted molar refractivity (Wildman–Crippen MR) is 125 cm³/mol. The van der Waals surface area contributed by atoms with Gasteiger partial charge in [0.15, 0.2) is 11.6 Å². The van der Waals surface area contributed by atoms with E-state index in [1.54, 1.807) is 35.6 Å². The molecule has 0 aliphatic heterocycles. The smallest absolute Gasteiger partial charge is 0.252 e. The molecule has 0 saturated heterocycles. The van der Waals surface area contributed by atoms with Gasteiger partial charge < -0.3 is 15.8 Å². The van der Waals surface area contributed by atoms with Crippen LogP contribution in [0.5, 0.6) is 5.75 Å². The van der Waals surface area contributed by atoms with E-state index in [4.69, 9.17) is 33.7 Å². The third kappa shape index (κ3) is 5.07. The van der Waals surface area contributed by atoms with Crippen LogP contribution in [-0.2, 0) is 13.0 Å².